The van der Waals surface area contributed by atoms with Crippen LogP contribution in [0.1, 0.15) is 54.4 Å². The summed E-state index contributed by atoms with van der Waals surface area (Å²) in [7, 11) is 0. The van der Waals surface area contributed by atoms with Crippen LogP contribution in [0, 0.1) is 0 Å². The fourth-order valence-corrected chi connectivity index (χ4v) is 1.44. The van der Waals surface area contributed by atoms with E-state index in [9.17, 15) is 14.4 Å². The number of imide groups is 1. The average molecular weight is 329 g/mol. The van der Waals surface area contributed by atoms with E-state index in [1.807, 2.05) is 0 Å². The smallest absolute Gasteiger partial charge is 0.419 e. The van der Waals surface area contributed by atoms with Crippen molar-refractivity contribution in [1.82, 2.24) is 4.90 Å². The van der Waals surface area contributed by atoms with Gasteiger partial charge in [-0.25, -0.2) is 19.3 Å². The molecule has 0 fully saturated rings. The van der Waals surface area contributed by atoms with Gasteiger partial charge in [0.1, 0.15) is 11.2 Å². The lowest BCUT2D eigenvalue weighted by atomic mass is 10.2. The Morgan fingerprint density at radius 3 is 1.74 bits per heavy atom. The van der Waals surface area contributed by atoms with Crippen LogP contribution in [-0.4, -0.2) is 45.9 Å². The maximum absolute atomic E-state index is 12.1. The third-order valence-corrected chi connectivity index (χ3v) is 2.24. The number of rotatable bonds is 5. The molecule has 0 radical (unpaired) electrons. The minimum absolute atomic E-state index is 0.0772. The Morgan fingerprint density at radius 2 is 1.39 bits per heavy atom. The van der Waals surface area contributed by atoms with E-state index in [1.165, 1.54) is 6.08 Å². The van der Waals surface area contributed by atoms with E-state index < -0.39 is 29.4 Å². The molecule has 23 heavy (non-hydrogen) atoms. The van der Waals surface area contributed by atoms with Crippen LogP contribution in [0.15, 0.2) is 12.2 Å². The predicted octanol–water partition coefficient (Wildman–Crippen LogP) is 3.58. The summed E-state index contributed by atoms with van der Waals surface area (Å²) in [5.41, 5.74) is -1.47. The molecule has 0 aromatic carbocycles. The Balaban J connectivity index is 4.83. The van der Waals surface area contributed by atoms with Gasteiger partial charge in [-0.3, -0.25) is 0 Å². The summed E-state index contributed by atoms with van der Waals surface area (Å²) >= 11 is 0. The fraction of sp³-hybridized carbons (Fsp3) is 0.688. The zero-order chi connectivity index (χ0) is 18.3. The highest BCUT2D eigenvalue weighted by Crippen LogP contribution is 2.15. The number of carboxylic acids is 1. The quantitative estimate of drug-likeness (QED) is 0.612. The highest BCUT2D eigenvalue weighted by molar-refractivity contribution is 5.88. The lowest BCUT2D eigenvalue weighted by Gasteiger charge is -2.28. The molecule has 0 atom stereocenters. The van der Waals surface area contributed by atoms with Crippen LogP contribution in [0.2, 0.25) is 0 Å². The van der Waals surface area contributed by atoms with Gasteiger partial charge in [-0.2, -0.15) is 0 Å². The zero-order valence-corrected chi connectivity index (χ0v) is 14.7. The molecule has 0 heterocycles. The first-order chi connectivity index (χ1) is 10.3. The van der Waals surface area contributed by atoms with Crippen LogP contribution in [0.4, 0.5) is 9.59 Å². The average Bonchev–Trinajstić information content (AvgIpc) is 2.28. The van der Waals surface area contributed by atoms with Gasteiger partial charge in [-0.05, 0) is 54.4 Å². The monoisotopic (exact) mass is 329 g/mol. The second-order valence-corrected chi connectivity index (χ2v) is 7.00. The molecule has 0 aliphatic rings. The molecule has 132 valence electrons. The van der Waals surface area contributed by atoms with E-state index in [-0.39, 0.29) is 6.54 Å². The number of carbonyl (C=O) groups is 3. The molecule has 0 saturated heterocycles. The minimum Gasteiger partial charge on any atom is -0.478 e. The normalized spacial score (nSPS) is 12.1. The molecule has 0 aromatic rings. The summed E-state index contributed by atoms with van der Waals surface area (Å²) in [6.07, 6.45) is 1.73. The van der Waals surface area contributed by atoms with Crippen LogP contribution in [0.5, 0.6) is 0 Å². The molecule has 7 nitrogen and oxygen atoms in total. The number of unbranched alkanes of at least 4 members (excludes halogenated alkanes) is 1. The fourth-order valence-electron chi connectivity index (χ4n) is 1.44. The van der Waals surface area contributed by atoms with Crippen molar-refractivity contribution in [2.24, 2.45) is 0 Å². The van der Waals surface area contributed by atoms with Crippen LogP contribution < -0.4 is 0 Å². The van der Waals surface area contributed by atoms with Gasteiger partial charge in [0.2, 0.25) is 0 Å². The molecule has 1 N–H and O–H groups in total. The summed E-state index contributed by atoms with van der Waals surface area (Å²) in [6, 6.07) is 0. The number of amides is 2. The van der Waals surface area contributed by atoms with Gasteiger partial charge in [-0.1, -0.05) is 6.08 Å². The van der Waals surface area contributed by atoms with Gasteiger partial charge in [0.25, 0.3) is 0 Å². The van der Waals surface area contributed by atoms with Crippen molar-refractivity contribution in [1.29, 1.82) is 0 Å². The van der Waals surface area contributed by atoms with E-state index in [1.54, 1.807) is 41.5 Å². The summed E-state index contributed by atoms with van der Waals surface area (Å²) < 4.78 is 10.4. The maximum Gasteiger partial charge on any atom is 0.419 e. The summed E-state index contributed by atoms with van der Waals surface area (Å²) in [6.45, 7) is 10.3. The Kier molecular flexibility index (Phi) is 7.79. The van der Waals surface area contributed by atoms with Crippen LogP contribution >= 0.6 is 0 Å². The molecule has 0 aliphatic carbocycles. The van der Waals surface area contributed by atoms with Crippen molar-refractivity contribution >= 4 is 18.2 Å². The first-order valence-electron chi connectivity index (χ1n) is 7.45. The molecule has 0 rings (SSSR count). The summed E-state index contributed by atoms with van der Waals surface area (Å²) in [5.74, 6) is -1.04. The molecule has 0 saturated carbocycles. The zero-order valence-electron chi connectivity index (χ0n) is 14.7. The lowest BCUT2D eigenvalue weighted by molar-refractivity contribution is -0.131. The summed E-state index contributed by atoms with van der Waals surface area (Å²) in [5, 5.41) is 8.51. The Morgan fingerprint density at radius 1 is 0.957 bits per heavy atom. The van der Waals surface area contributed by atoms with Crippen LogP contribution in [-0.2, 0) is 14.3 Å². The number of hydrogen-bond acceptors (Lipinski definition) is 5. The van der Waals surface area contributed by atoms with E-state index in [0.717, 1.165) is 11.0 Å². The van der Waals surface area contributed by atoms with Gasteiger partial charge < -0.3 is 14.6 Å². The van der Waals surface area contributed by atoms with Gasteiger partial charge in [0.15, 0.2) is 0 Å². The SMILES string of the molecule is CC(C)(C)OC(=O)N(CCC/C=C/C(=O)O)C(=O)OC(C)(C)C. The number of carboxylic acid groups (broad SMARTS) is 1. The first kappa shape index (κ1) is 20.9. The largest absolute Gasteiger partial charge is 0.478 e. The van der Waals surface area contributed by atoms with Crippen molar-refractivity contribution in [3.8, 4) is 0 Å². The topological polar surface area (TPSA) is 93.1 Å². The number of nitrogens with zero attached hydrogens (tertiary/aromatic N) is 1. The molecular formula is C16H27NO6. The number of ether oxygens (including phenoxy) is 2. The molecule has 2 amide bonds. The van der Waals surface area contributed by atoms with Crippen molar-refractivity contribution in [3.05, 3.63) is 12.2 Å². The Labute approximate surface area is 137 Å². The van der Waals surface area contributed by atoms with E-state index in [2.05, 4.69) is 0 Å². The minimum atomic E-state index is -1.04. The highest BCUT2D eigenvalue weighted by atomic mass is 16.6. The molecular weight excluding hydrogens is 302 g/mol. The van der Waals surface area contributed by atoms with Gasteiger partial charge in [-0.15, -0.1) is 0 Å². The molecule has 0 aromatic heterocycles. The molecule has 0 bridgehead atoms. The van der Waals surface area contributed by atoms with Crippen LogP contribution in [0.3, 0.4) is 0 Å². The molecule has 0 spiro atoms. The van der Waals surface area contributed by atoms with Gasteiger partial charge in [0.05, 0.1) is 0 Å². The van der Waals surface area contributed by atoms with Crippen molar-refractivity contribution < 1.29 is 29.0 Å². The third-order valence-electron chi connectivity index (χ3n) is 2.24. The maximum atomic E-state index is 12.1. The van der Waals surface area contributed by atoms with E-state index >= 15 is 0 Å². The number of hydrogen-bond donors (Lipinski definition) is 1. The number of carbonyl (C=O) groups excluding carboxylic acids is 2. The number of allylic oxidation sites excluding steroid dienone is 1. The predicted molar refractivity (Wildman–Crippen MR) is 85.2 cm³/mol. The number of aliphatic carboxylic acids is 1. The van der Waals surface area contributed by atoms with Crippen LogP contribution in [0.25, 0.3) is 0 Å². The van der Waals surface area contributed by atoms with E-state index in [4.69, 9.17) is 14.6 Å². The second-order valence-electron chi connectivity index (χ2n) is 7.00. The second kappa shape index (κ2) is 8.55. The van der Waals surface area contributed by atoms with Crippen molar-refractivity contribution in [2.45, 2.75) is 65.6 Å². The standard InChI is InChI=1S/C16H27NO6/c1-15(2,3)22-13(20)17(14(21)23-16(4,5)6)11-9-7-8-10-12(18)19/h8,10H,7,9,11H2,1-6H3,(H,18,19)/b10-8+. The molecule has 7 heteroatoms. The molecule has 0 unspecified atom stereocenters. The molecule has 0 aliphatic heterocycles. The van der Waals surface area contributed by atoms with Gasteiger partial charge >= 0.3 is 18.2 Å². The van der Waals surface area contributed by atoms with Gasteiger partial charge in [0, 0.05) is 12.6 Å². The third kappa shape index (κ3) is 11.2. The summed E-state index contributed by atoms with van der Waals surface area (Å²) in [4.78, 5) is 35.6. The van der Waals surface area contributed by atoms with Crippen molar-refractivity contribution in [3.63, 3.8) is 0 Å². The Bertz CT molecular complexity index is 428. The lowest BCUT2D eigenvalue weighted by Crippen LogP contribution is -2.44. The van der Waals surface area contributed by atoms with E-state index in [0.29, 0.717) is 12.8 Å². The van der Waals surface area contributed by atoms with Crippen molar-refractivity contribution in [2.75, 3.05) is 6.54 Å². The Hall–Kier alpha value is -2.05. The highest BCUT2D eigenvalue weighted by Gasteiger charge is 2.30. The first-order valence-corrected chi connectivity index (χ1v) is 7.45.